The normalized spacial score (nSPS) is 15.9. The second kappa shape index (κ2) is 6.65. The monoisotopic (exact) mass is 365 g/mol. The van der Waals surface area contributed by atoms with Crippen molar-refractivity contribution in [2.75, 3.05) is 26.2 Å². The first-order chi connectivity index (χ1) is 11.9. The van der Waals surface area contributed by atoms with E-state index in [0.29, 0.717) is 0 Å². The van der Waals surface area contributed by atoms with Gasteiger partial charge in [0.2, 0.25) is 10.0 Å². The highest BCUT2D eigenvalue weighted by molar-refractivity contribution is 7.89. The van der Waals surface area contributed by atoms with E-state index in [9.17, 15) is 23.3 Å². The molecular formula is C15H15N3O6S. The molecule has 0 atom stereocenters. The van der Waals surface area contributed by atoms with E-state index in [1.165, 1.54) is 27.4 Å². The topological polar surface area (TPSA) is 114 Å². The molecule has 1 aliphatic heterocycles. The van der Waals surface area contributed by atoms with Crippen molar-refractivity contribution in [3.05, 3.63) is 58.3 Å². The van der Waals surface area contributed by atoms with Crippen LogP contribution in [0.3, 0.4) is 0 Å². The van der Waals surface area contributed by atoms with Crippen molar-refractivity contribution in [3.63, 3.8) is 0 Å². The molecule has 0 aliphatic carbocycles. The van der Waals surface area contributed by atoms with Crippen LogP contribution < -0.4 is 0 Å². The summed E-state index contributed by atoms with van der Waals surface area (Å²) in [6.45, 7) is 0.649. The third kappa shape index (κ3) is 3.39. The maximum atomic E-state index is 12.5. The number of hydrogen-bond acceptors (Lipinski definition) is 6. The Morgan fingerprint density at radius 3 is 2.24 bits per heavy atom. The first kappa shape index (κ1) is 17.1. The number of carbonyl (C=O) groups excluding carboxylic acids is 1. The average molecular weight is 365 g/mol. The van der Waals surface area contributed by atoms with E-state index in [0.717, 1.165) is 6.07 Å². The molecule has 0 spiro atoms. The molecule has 0 bridgehead atoms. The van der Waals surface area contributed by atoms with Gasteiger partial charge in [0.25, 0.3) is 5.91 Å². The van der Waals surface area contributed by atoms with E-state index in [4.69, 9.17) is 4.42 Å². The Kier molecular flexibility index (Phi) is 4.55. The van der Waals surface area contributed by atoms with Gasteiger partial charge in [-0.3, -0.25) is 14.9 Å². The second-order valence-corrected chi connectivity index (χ2v) is 7.34. The third-order valence-electron chi connectivity index (χ3n) is 3.89. The Balaban J connectivity index is 1.67. The molecule has 0 radical (unpaired) electrons. The summed E-state index contributed by atoms with van der Waals surface area (Å²) >= 11 is 0. The molecule has 132 valence electrons. The van der Waals surface area contributed by atoms with Gasteiger partial charge in [0.15, 0.2) is 5.76 Å². The average Bonchev–Trinajstić information content (AvgIpc) is 3.12. The van der Waals surface area contributed by atoms with Gasteiger partial charge < -0.3 is 9.32 Å². The summed E-state index contributed by atoms with van der Waals surface area (Å²) in [5.74, 6) is -1.13. The smallest absolute Gasteiger partial charge is 0.395 e. The second-order valence-electron chi connectivity index (χ2n) is 5.40. The van der Waals surface area contributed by atoms with Gasteiger partial charge >= 0.3 is 5.88 Å². The molecule has 25 heavy (non-hydrogen) atoms. The van der Waals surface area contributed by atoms with E-state index in [-0.39, 0.29) is 36.8 Å². The van der Waals surface area contributed by atoms with Gasteiger partial charge in [-0.1, -0.05) is 18.2 Å². The summed E-state index contributed by atoms with van der Waals surface area (Å²) in [6.07, 6.45) is 0. The first-order valence-corrected chi connectivity index (χ1v) is 8.92. The minimum absolute atomic E-state index is 0.133. The van der Waals surface area contributed by atoms with Crippen LogP contribution in [0.2, 0.25) is 0 Å². The zero-order valence-corrected chi connectivity index (χ0v) is 13.9. The Morgan fingerprint density at radius 1 is 1.04 bits per heavy atom. The summed E-state index contributed by atoms with van der Waals surface area (Å²) in [5, 5.41) is 10.6. The number of nitro groups is 1. The number of nitrogens with zero attached hydrogens (tertiary/aromatic N) is 3. The fraction of sp³-hybridized carbons (Fsp3) is 0.267. The number of hydrogen-bond donors (Lipinski definition) is 0. The fourth-order valence-corrected chi connectivity index (χ4v) is 4.01. The molecule has 1 saturated heterocycles. The predicted octanol–water partition coefficient (Wildman–Crippen LogP) is 1.33. The minimum atomic E-state index is -3.60. The molecule has 2 aromatic rings. The Morgan fingerprint density at radius 2 is 1.68 bits per heavy atom. The molecule has 1 aromatic carbocycles. The zero-order chi connectivity index (χ0) is 18.0. The molecule has 0 unspecified atom stereocenters. The molecule has 1 aliphatic rings. The number of carbonyl (C=O) groups is 1. The van der Waals surface area contributed by atoms with Crippen LogP contribution in [-0.2, 0) is 10.0 Å². The van der Waals surface area contributed by atoms with Crippen molar-refractivity contribution in [2.24, 2.45) is 0 Å². The highest BCUT2D eigenvalue weighted by atomic mass is 32.2. The van der Waals surface area contributed by atoms with Gasteiger partial charge in [-0.2, -0.15) is 4.31 Å². The van der Waals surface area contributed by atoms with Crippen molar-refractivity contribution < 1.29 is 22.6 Å². The lowest BCUT2D eigenvalue weighted by molar-refractivity contribution is -0.402. The van der Waals surface area contributed by atoms with E-state index in [2.05, 4.69) is 0 Å². The summed E-state index contributed by atoms with van der Waals surface area (Å²) in [5.41, 5.74) is 0. The van der Waals surface area contributed by atoms with E-state index >= 15 is 0 Å². The summed E-state index contributed by atoms with van der Waals surface area (Å²) in [7, 11) is -3.60. The largest absolute Gasteiger partial charge is 0.433 e. The molecule has 2 heterocycles. The van der Waals surface area contributed by atoms with Crippen LogP contribution in [0.4, 0.5) is 5.88 Å². The molecule has 9 nitrogen and oxygen atoms in total. The Hall–Kier alpha value is -2.72. The number of piperazine rings is 1. The van der Waals surface area contributed by atoms with Crippen molar-refractivity contribution in [1.29, 1.82) is 0 Å². The third-order valence-corrected chi connectivity index (χ3v) is 5.80. The lowest BCUT2D eigenvalue weighted by atomic mass is 10.3. The fourth-order valence-electron chi connectivity index (χ4n) is 2.57. The van der Waals surface area contributed by atoms with Gasteiger partial charge in [0.1, 0.15) is 4.92 Å². The quantitative estimate of drug-likeness (QED) is 0.596. The molecule has 0 N–H and O–H groups in total. The van der Waals surface area contributed by atoms with Crippen molar-refractivity contribution in [1.82, 2.24) is 9.21 Å². The van der Waals surface area contributed by atoms with Crippen LogP contribution in [-0.4, -0.2) is 54.6 Å². The standard InChI is InChI=1S/C15H15N3O6S/c19-15(13-6-7-14(24-13)18(20)21)16-8-10-17(11-9-16)25(22,23)12-4-2-1-3-5-12/h1-7H,8-11H2. The molecule has 1 fully saturated rings. The van der Waals surface area contributed by atoms with Gasteiger partial charge in [-0.15, -0.1) is 0 Å². The maximum Gasteiger partial charge on any atom is 0.433 e. The Bertz CT molecular complexity index is 885. The van der Waals surface area contributed by atoms with Gasteiger partial charge in [0, 0.05) is 26.2 Å². The molecule has 10 heteroatoms. The lowest BCUT2D eigenvalue weighted by Gasteiger charge is -2.33. The number of amides is 1. The van der Waals surface area contributed by atoms with Crippen molar-refractivity contribution >= 4 is 21.8 Å². The van der Waals surface area contributed by atoms with E-state index in [1.807, 2.05) is 0 Å². The van der Waals surface area contributed by atoms with Crippen LogP contribution in [0.5, 0.6) is 0 Å². The van der Waals surface area contributed by atoms with Gasteiger partial charge in [-0.25, -0.2) is 8.42 Å². The SMILES string of the molecule is O=C(c1ccc([N+](=O)[O-])o1)N1CCN(S(=O)(=O)c2ccccc2)CC1. The van der Waals surface area contributed by atoms with Crippen LogP contribution in [0.25, 0.3) is 0 Å². The van der Waals surface area contributed by atoms with Gasteiger partial charge in [-0.05, 0) is 18.2 Å². The highest BCUT2D eigenvalue weighted by Crippen LogP contribution is 2.20. The summed E-state index contributed by atoms with van der Waals surface area (Å²) in [6, 6.07) is 10.4. The van der Waals surface area contributed by atoms with Crippen molar-refractivity contribution in [2.45, 2.75) is 4.90 Å². The van der Waals surface area contributed by atoms with Crippen LogP contribution >= 0.6 is 0 Å². The Labute approximate surface area is 143 Å². The van der Waals surface area contributed by atoms with E-state index in [1.54, 1.807) is 18.2 Å². The highest BCUT2D eigenvalue weighted by Gasteiger charge is 2.31. The molecule has 1 amide bonds. The van der Waals surface area contributed by atoms with Crippen LogP contribution in [0.15, 0.2) is 51.8 Å². The number of rotatable bonds is 4. The maximum absolute atomic E-state index is 12.5. The van der Waals surface area contributed by atoms with E-state index < -0.39 is 26.7 Å². The predicted molar refractivity (Wildman–Crippen MR) is 86.5 cm³/mol. The van der Waals surface area contributed by atoms with Crippen LogP contribution in [0, 0.1) is 10.1 Å². The number of sulfonamides is 1. The minimum Gasteiger partial charge on any atom is -0.395 e. The molecular weight excluding hydrogens is 350 g/mol. The zero-order valence-electron chi connectivity index (χ0n) is 13.1. The number of furan rings is 1. The lowest BCUT2D eigenvalue weighted by Crippen LogP contribution is -2.50. The summed E-state index contributed by atoms with van der Waals surface area (Å²) < 4.78 is 31.3. The molecule has 0 saturated carbocycles. The number of benzene rings is 1. The van der Waals surface area contributed by atoms with Crippen LogP contribution in [0.1, 0.15) is 10.6 Å². The molecule has 3 rings (SSSR count). The van der Waals surface area contributed by atoms with Crippen molar-refractivity contribution in [3.8, 4) is 0 Å². The molecule has 1 aromatic heterocycles. The first-order valence-electron chi connectivity index (χ1n) is 7.48. The summed E-state index contributed by atoms with van der Waals surface area (Å²) in [4.78, 5) is 23.8. The van der Waals surface area contributed by atoms with Gasteiger partial charge in [0.05, 0.1) is 11.0 Å².